The Bertz CT molecular complexity index is 760. The van der Waals surface area contributed by atoms with Crippen LogP contribution in [0.25, 0.3) is 0 Å². The summed E-state index contributed by atoms with van der Waals surface area (Å²) in [6, 6.07) is 14.6. The van der Waals surface area contributed by atoms with Crippen LogP contribution in [0.3, 0.4) is 0 Å². The van der Waals surface area contributed by atoms with Gasteiger partial charge in [0, 0.05) is 11.6 Å². The van der Waals surface area contributed by atoms with Crippen molar-refractivity contribution in [2.24, 2.45) is 0 Å². The van der Waals surface area contributed by atoms with Crippen molar-refractivity contribution < 1.29 is 19.1 Å². The van der Waals surface area contributed by atoms with Gasteiger partial charge in [-0.1, -0.05) is 30.3 Å². The van der Waals surface area contributed by atoms with E-state index < -0.39 is 6.04 Å². The maximum atomic E-state index is 12.5. The SMILES string of the molecule is COc1ccc(CN2C(=O)[C](Cc3ccccc3)[C@H]2C=O)c(OC)c1. The van der Waals surface area contributed by atoms with E-state index in [1.807, 2.05) is 42.5 Å². The fourth-order valence-corrected chi connectivity index (χ4v) is 3.05. The molecule has 1 amide bonds. The molecule has 1 radical (unpaired) electrons. The first-order valence-electron chi connectivity index (χ1n) is 8.04. The van der Waals surface area contributed by atoms with Crippen molar-refractivity contribution in [2.45, 2.75) is 19.0 Å². The van der Waals surface area contributed by atoms with Crippen LogP contribution in [0.2, 0.25) is 0 Å². The minimum Gasteiger partial charge on any atom is -0.497 e. The number of amides is 1. The van der Waals surface area contributed by atoms with Crippen LogP contribution in [0.4, 0.5) is 0 Å². The highest BCUT2D eigenvalue weighted by atomic mass is 16.5. The molecule has 0 bridgehead atoms. The minimum absolute atomic E-state index is 0.0844. The summed E-state index contributed by atoms with van der Waals surface area (Å²) in [6.07, 6.45) is 1.33. The van der Waals surface area contributed by atoms with Crippen molar-refractivity contribution in [1.82, 2.24) is 4.90 Å². The molecule has 0 N–H and O–H groups in total. The number of rotatable bonds is 7. The Hall–Kier alpha value is -2.82. The molecule has 2 aromatic rings. The standard InChI is InChI=1S/C20H20NO4/c1-24-16-9-8-15(19(11-16)25-2)12-21-18(13-22)17(20(21)23)10-14-6-4-3-5-7-14/h3-9,11,13,18H,10,12H2,1-2H3/t18-/m1/s1. The third-order valence-corrected chi connectivity index (χ3v) is 4.43. The van der Waals surface area contributed by atoms with E-state index in [1.54, 1.807) is 25.2 Å². The molecule has 0 spiro atoms. The van der Waals surface area contributed by atoms with Gasteiger partial charge in [-0.2, -0.15) is 0 Å². The number of ether oxygens (including phenoxy) is 2. The molecule has 0 saturated carbocycles. The highest BCUT2D eigenvalue weighted by molar-refractivity contribution is 6.04. The zero-order chi connectivity index (χ0) is 17.8. The molecule has 1 fully saturated rings. The van der Waals surface area contributed by atoms with Gasteiger partial charge < -0.3 is 19.2 Å². The molecule has 0 unspecified atom stereocenters. The summed E-state index contributed by atoms with van der Waals surface area (Å²) in [5.41, 5.74) is 1.86. The van der Waals surface area contributed by atoms with E-state index in [-0.39, 0.29) is 5.91 Å². The minimum atomic E-state index is -0.487. The Morgan fingerprint density at radius 2 is 1.84 bits per heavy atom. The van der Waals surface area contributed by atoms with Crippen molar-refractivity contribution in [3.05, 3.63) is 65.6 Å². The summed E-state index contributed by atoms with van der Waals surface area (Å²) in [7, 11) is 3.15. The molecule has 0 aliphatic carbocycles. The van der Waals surface area contributed by atoms with Gasteiger partial charge in [0.1, 0.15) is 23.8 Å². The van der Waals surface area contributed by atoms with E-state index in [0.717, 1.165) is 17.4 Å². The monoisotopic (exact) mass is 338 g/mol. The molecule has 1 aliphatic rings. The van der Waals surface area contributed by atoms with Crippen LogP contribution in [-0.4, -0.2) is 37.4 Å². The highest BCUT2D eigenvalue weighted by Crippen LogP contribution is 2.34. The summed E-state index contributed by atoms with van der Waals surface area (Å²) >= 11 is 0. The van der Waals surface area contributed by atoms with E-state index in [0.29, 0.717) is 30.4 Å². The molecule has 1 aliphatic heterocycles. The zero-order valence-corrected chi connectivity index (χ0v) is 14.3. The molecule has 3 rings (SSSR count). The Morgan fingerprint density at radius 1 is 1.08 bits per heavy atom. The second-order valence-corrected chi connectivity index (χ2v) is 5.88. The van der Waals surface area contributed by atoms with Crippen molar-refractivity contribution >= 4 is 12.2 Å². The first-order chi connectivity index (χ1) is 12.2. The Morgan fingerprint density at radius 3 is 2.48 bits per heavy atom. The highest BCUT2D eigenvalue weighted by Gasteiger charge is 2.47. The Kier molecular flexibility index (Phi) is 5.03. The maximum absolute atomic E-state index is 12.5. The molecule has 129 valence electrons. The number of aldehydes is 1. The van der Waals surface area contributed by atoms with Gasteiger partial charge in [-0.05, 0) is 24.1 Å². The van der Waals surface area contributed by atoms with Crippen LogP contribution < -0.4 is 9.47 Å². The van der Waals surface area contributed by atoms with Gasteiger partial charge in [0.15, 0.2) is 0 Å². The average Bonchev–Trinajstić information content (AvgIpc) is 2.67. The smallest absolute Gasteiger partial charge is 0.233 e. The quantitative estimate of drug-likeness (QED) is 0.575. The van der Waals surface area contributed by atoms with Gasteiger partial charge in [-0.15, -0.1) is 0 Å². The molecular weight excluding hydrogens is 318 g/mol. The van der Waals surface area contributed by atoms with E-state index in [1.165, 1.54) is 0 Å². The Balaban J connectivity index is 1.73. The van der Waals surface area contributed by atoms with E-state index in [2.05, 4.69) is 0 Å². The number of methoxy groups -OCH3 is 2. The van der Waals surface area contributed by atoms with Crippen LogP contribution in [0, 0.1) is 5.92 Å². The molecule has 5 heteroatoms. The number of hydrogen-bond acceptors (Lipinski definition) is 4. The fraction of sp³-hybridized carbons (Fsp3) is 0.250. The van der Waals surface area contributed by atoms with Crippen LogP contribution in [-0.2, 0) is 22.6 Å². The topological polar surface area (TPSA) is 55.8 Å². The maximum Gasteiger partial charge on any atom is 0.233 e. The van der Waals surface area contributed by atoms with Gasteiger partial charge in [-0.3, -0.25) is 4.79 Å². The lowest BCUT2D eigenvalue weighted by Crippen LogP contribution is -2.60. The van der Waals surface area contributed by atoms with Crippen molar-refractivity contribution in [3.8, 4) is 11.5 Å². The number of carbonyl (C=O) groups is 2. The van der Waals surface area contributed by atoms with E-state index in [4.69, 9.17) is 9.47 Å². The average molecular weight is 338 g/mol. The zero-order valence-electron chi connectivity index (χ0n) is 14.3. The third-order valence-electron chi connectivity index (χ3n) is 4.43. The summed E-state index contributed by atoms with van der Waals surface area (Å²) < 4.78 is 10.6. The molecule has 1 atom stereocenters. The number of likely N-dealkylation sites (tertiary alicyclic amines) is 1. The predicted molar refractivity (Wildman–Crippen MR) is 93.3 cm³/mol. The molecular formula is C20H20NO4. The lowest BCUT2D eigenvalue weighted by Gasteiger charge is -2.44. The first-order valence-corrected chi connectivity index (χ1v) is 8.04. The van der Waals surface area contributed by atoms with Crippen molar-refractivity contribution in [2.75, 3.05) is 14.2 Å². The van der Waals surface area contributed by atoms with Gasteiger partial charge >= 0.3 is 0 Å². The fourth-order valence-electron chi connectivity index (χ4n) is 3.05. The van der Waals surface area contributed by atoms with Crippen LogP contribution in [0.1, 0.15) is 11.1 Å². The summed E-state index contributed by atoms with van der Waals surface area (Å²) in [6.45, 7) is 0.327. The predicted octanol–water partition coefficient (Wildman–Crippen LogP) is 2.43. The number of β-lactam (4-membered cyclic amide) rings is 1. The molecule has 1 heterocycles. The summed E-state index contributed by atoms with van der Waals surface area (Å²) in [4.78, 5) is 25.6. The van der Waals surface area contributed by atoms with Crippen molar-refractivity contribution in [3.63, 3.8) is 0 Å². The molecule has 2 aromatic carbocycles. The lowest BCUT2D eigenvalue weighted by molar-refractivity contribution is -0.146. The number of nitrogens with zero attached hydrogens (tertiary/aromatic N) is 1. The second kappa shape index (κ2) is 7.38. The van der Waals surface area contributed by atoms with Gasteiger partial charge in [0.05, 0.1) is 26.7 Å². The number of benzene rings is 2. The van der Waals surface area contributed by atoms with Crippen LogP contribution in [0.5, 0.6) is 11.5 Å². The third kappa shape index (κ3) is 3.36. The normalized spacial score (nSPS) is 17.1. The van der Waals surface area contributed by atoms with E-state index in [9.17, 15) is 9.59 Å². The van der Waals surface area contributed by atoms with Crippen LogP contribution in [0.15, 0.2) is 48.5 Å². The summed E-state index contributed by atoms with van der Waals surface area (Å²) in [5, 5.41) is 0. The number of hydrogen-bond donors (Lipinski definition) is 0. The molecule has 25 heavy (non-hydrogen) atoms. The number of carbonyl (C=O) groups excluding carboxylic acids is 2. The molecule has 0 aromatic heterocycles. The first kappa shape index (κ1) is 17.0. The molecule has 1 saturated heterocycles. The van der Waals surface area contributed by atoms with Gasteiger partial charge in [0.2, 0.25) is 5.91 Å². The van der Waals surface area contributed by atoms with E-state index >= 15 is 0 Å². The van der Waals surface area contributed by atoms with Gasteiger partial charge in [-0.25, -0.2) is 0 Å². The summed E-state index contributed by atoms with van der Waals surface area (Å²) in [5.74, 6) is 1.86. The lowest BCUT2D eigenvalue weighted by atomic mass is 9.82. The van der Waals surface area contributed by atoms with Crippen molar-refractivity contribution in [1.29, 1.82) is 0 Å². The Labute approximate surface area is 147 Å². The largest absolute Gasteiger partial charge is 0.497 e. The second-order valence-electron chi connectivity index (χ2n) is 5.88. The molecule has 5 nitrogen and oxygen atoms in total. The van der Waals surface area contributed by atoms with Crippen LogP contribution >= 0.6 is 0 Å². The van der Waals surface area contributed by atoms with Gasteiger partial charge in [0.25, 0.3) is 0 Å².